The van der Waals surface area contributed by atoms with Crippen LogP contribution in [0.2, 0.25) is 10.0 Å². The van der Waals surface area contributed by atoms with Crippen molar-refractivity contribution in [3.63, 3.8) is 0 Å². The highest BCUT2D eigenvalue weighted by molar-refractivity contribution is 6.42. The third-order valence-electron chi connectivity index (χ3n) is 2.95. The smallest absolute Gasteiger partial charge is 0.127 e. The molecule has 0 saturated carbocycles. The Labute approximate surface area is 126 Å². The van der Waals surface area contributed by atoms with Crippen molar-refractivity contribution in [3.8, 4) is 16.9 Å². The Hall–Kier alpha value is -1.97. The highest BCUT2D eigenvalue weighted by Gasteiger charge is 2.09. The van der Waals surface area contributed by atoms with E-state index in [-0.39, 0.29) is 0 Å². The summed E-state index contributed by atoms with van der Waals surface area (Å²) < 4.78 is 1.64. The molecule has 1 heterocycles. The molecule has 20 heavy (non-hydrogen) atoms. The molecule has 1 aromatic heterocycles. The molecule has 0 aliphatic rings. The normalized spacial score (nSPS) is 10.7. The molecule has 3 rings (SSSR count). The van der Waals surface area contributed by atoms with Crippen molar-refractivity contribution >= 4 is 29.0 Å². The monoisotopic (exact) mass is 303 g/mol. The second-order valence-electron chi connectivity index (χ2n) is 4.33. The van der Waals surface area contributed by atoms with E-state index in [4.69, 9.17) is 28.9 Å². The summed E-state index contributed by atoms with van der Waals surface area (Å²) in [4.78, 5) is 0. The molecule has 0 amide bonds. The average molecular weight is 304 g/mol. The molecule has 2 aromatic carbocycles. The topological polar surface area (TPSA) is 43.8 Å². The number of hydrogen-bond donors (Lipinski definition) is 1. The van der Waals surface area contributed by atoms with Gasteiger partial charge in [0.15, 0.2) is 0 Å². The molecule has 0 saturated heterocycles. The number of anilines is 1. The Bertz CT molecular complexity index is 751. The maximum atomic E-state index is 6.03. The van der Waals surface area contributed by atoms with Gasteiger partial charge in [-0.25, -0.2) is 4.68 Å². The lowest BCUT2D eigenvalue weighted by molar-refractivity contribution is 0.895. The number of nitrogens with two attached hydrogens (primary N) is 1. The minimum atomic E-state index is 0.473. The number of aromatic nitrogens is 2. The Morgan fingerprint density at radius 1 is 0.900 bits per heavy atom. The van der Waals surface area contributed by atoms with Gasteiger partial charge in [-0.2, -0.15) is 5.10 Å². The third kappa shape index (κ3) is 2.38. The van der Waals surface area contributed by atoms with Crippen LogP contribution < -0.4 is 5.73 Å². The summed E-state index contributed by atoms with van der Waals surface area (Å²) in [5.41, 5.74) is 8.63. The first kappa shape index (κ1) is 13.0. The number of benzene rings is 2. The van der Waals surface area contributed by atoms with Gasteiger partial charge in [-0.3, -0.25) is 0 Å². The zero-order valence-electron chi connectivity index (χ0n) is 10.4. The van der Waals surface area contributed by atoms with E-state index in [9.17, 15) is 0 Å². The van der Waals surface area contributed by atoms with Gasteiger partial charge in [0.2, 0.25) is 0 Å². The maximum absolute atomic E-state index is 6.03. The summed E-state index contributed by atoms with van der Waals surface area (Å²) >= 11 is 11.9. The summed E-state index contributed by atoms with van der Waals surface area (Å²) in [5.74, 6) is 0.544. The third-order valence-corrected chi connectivity index (χ3v) is 3.69. The van der Waals surface area contributed by atoms with Crippen molar-refractivity contribution in [2.75, 3.05) is 5.73 Å². The molecule has 2 N–H and O–H groups in total. The predicted molar refractivity (Wildman–Crippen MR) is 83.4 cm³/mol. The van der Waals surface area contributed by atoms with Crippen LogP contribution in [-0.4, -0.2) is 9.78 Å². The largest absolute Gasteiger partial charge is 0.384 e. The van der Waals surface area contributed by atoms with E-state index < -0.39 is 0 Å². The second kappa shape index (κ2) is 5.19. The Morgan fingerprint density at radius 3 is 2.35 bits per heavy atom. The molecule has 3 aromatic rings. The molecule has 0 atom stereocenters. The van der Waals surface area contributed by atoms with Gasteiger partial charge < -0.3 is 5.73 Å². The summed E-state index contributed by atoms with van der Waals surface area (Å²) in [5, 5.41) is 5.49. The molecule has 5 heteroatoms. The number of halogens is 2. The first-order valence-corrected chi connectivity index (χ1v) is 6.77. The lowest BCUT2D eigenvalue weighted by atomic mass is 10.2. The van der Waals surface area contributed by atoms with Crippen LogP contribution in [0.1, 0.15) is 0 Å². The van der Waals surface area contributed by atoms with Crippen molar-refractivity contribution < 1.29 is 0 Å². The summed E-state index contributed by atoms with van der Waals surface area (Å²) in [6.45, 7) is 0. The molecular formula is C15H11Cl2N3. The van der Waals surface area contributed by atoms with Crippen LogP contribution in [0, 0.1) is 0 Å². The lowest BCUT2D eigenvalue weighted by Gasteiger charge is -2.05. The lowest BCUT2D eigenvalue weighted by Crippen LogP contribution is -2.01. The number of rotatable bonds is 2. The SMILES string of the molecule is Nc1cc(-c2ccccc2)nn1-c1ccc(Cl)c(Cl)c1. The van der Waals surface area contributed by atoms with Crippen LogP contribution >= 0.6 is 23.2 Å². The van der Waals surface area contributed by atoms with E-state index in [1.807, 2.05) is 42.5 Å². The van der Waals surface area contributed by atoms with Crippen LogP contribution in [0.25, 0.3) is 16.9 Å². The van der Waals surface area contributed by atoms with Gasteiger partial charge >= 0.3 is 0 Å². The molecule has 0 fully saturated rings. The molecule has 0 radical (unpaired) electrons. The molecule has 0 spiro atoms. The van der Waals surface area contributed by atoms with Crippen molar-refractivity contribution in [1.82, 2.24) is 9.78 Å². The zero-order chi connectivity index (χ0) is 14.1. The van der Waals surface area contributed by atoms with Crippen LogP contribution in [0.15, 0.2) is 54.6 Å². The van der Waals surface area contributed by atoms with E-state index in [1.165, 1.54) is 0 Å². The summed E-state index contributed by atoms with van der Waals surface area (Å²) in [7, 11) is 0. The highest BCUT2D eigenvalue weighted by Crippen LogP contribution is 2.27. The second-order valence-corrected chi connectivity index (χ2v) is 5.15. The van der Waals surface area contributed by atoms with Gasteiger partial charge in [-0.1, -0.05) is 53.5 Å². The number of nitrogen functional groups attached to an aromatic ring is 1. The predicted octanol–water partition coefficient (Wildman–Crippen LogP) is 4.43. The first-order valence-electron chi connectivity index (χ1n) is 6.01. The maximum Gasteiger partial charge on any atom is 0.127 e. The fourth-order valence-corrected chi connectivity index (χ4v) is 2.26. The van der Waals surface area contributed by atoms with Gasteiger partial charge in [0.25, 0.3) is 0 Å². The molecule has 0 aliphatic carbocycles. The molecule has 0 aliphatic heterocycles. The van der Waals surface area contributed by atoms with Crippen LogP contribution in [0.3, 0.4) is 0 Å². The number of hydrogen-bond acceptors (Lipinski definition) is 2. The summed E-state index contributed by atoms with van der Waals surface area (Å²) in [6.07, 6.45) is 0. The van der Waals surface area contributed by atoms with Crippen molar-refractivity contribution in [1.29, 1.82) is 0 Å². The van der Waals surface area contributed by atoms with Gasteiger partial charge in [-0.05, 0) is 18.2 Å². The van der Waals surface area contributed by atoms with Gasteiger partial charge in [0.05, 0.1) is 21.4 Å². The molecule has 0 bridgehead atoms. The van der Waals surface area contributed by atoms with E-state index in [0.717, 1.165) is 16.9 Å². The van der Waals surface area contributed by atoms with E-state index in [0.29, 0.717) is 15.9 Å². The van der Waals surface area contributed by atoms with Crippen molar-refractivity contribution in [2.24, 2.45) is 0 Å². The minimum absolute atomic E-state index is 0.473. The van der Waals surface area contributed by atoms with Gasteiger partial charge in [-0.15, -0.1) is 0 Å². The molecule has 0 unspecified atom stereocenters. The first-order chi connectivity index (χ1) is 9.65. The van der Waals surface area contributed by atoms with Crippen LogP contribution in [-0.2, 0) is 0 Å². The fourth-order valence-electron chi connectivity index (χ4n) is 1.97. The van der Waals surface area contributed by atoms with Crippen molar-refractivity contribution in [3.05, 3.63) is 64.6 Å². The Kier molecular flexibility index (Phi) is 3.38. The van der Waals surface area contributed by atoms with Crippen LogP contribution in [0.5, 0.6) is 0 Å². The highest BCUT2D eigenvalue weighted by atomic mass is 35.5. The van der Waals surface area contributed by atoms with Crippen molar-refractivity contribution in [2.45, 2.75) is 0 Å². The molecule has 3 nitrogen and oxygen atoms in total. The Morgan fingerprint density at radius 2 is 1.65 bits per heavy atom. The van der Waals surface area contributed by atoms with E-state index in [2.05, 4.69) is 5.10 Å². The fraction of sp³-hybridized carbons (Fsp3) is 0. The quantitative estimate of drug-likeness (QED) is 0.761. The minimum Gasteiger partial charge on any atom is -0.384 e. The van der Waals surface area contributed by atoms with Gasteiger partial charge in [0.1, 0.15) is 5.82 Å². The summed E-state index contributed by atoms with van der Waals surface area (Å²) in [6, 6.07) is 17.0. The molecule has 100 valence electrons. The van der Waals surface area contributed by atoms with Crippen LogP contribution in [0.4, 0.5) is 5.82 Å². The molecular weight excluding hydrogens is 293 g/mol. The average Bonchev–Trinajstić information content (AvgIpc) is 2.85. The number of nitrogens with zero attached hydrogens (tertiary/aromatic N) is 2. The standard InChI is InChI=1S/C15H11Cl2N3/c16-12-7-6-11(8-13(12)17)20-15(18)9-14(19-20)10-4-2-1-3-5-10/h1-9H,18H2. The Balaban J connectivity index is 2.07. The van der Waals surface area contributed by atoms with Gasteiger partial charge in [0, 0.05) is 11.6 Å². The van der Waals surface area contributed by atoms with E-state index >= 15 is 0 Å². The van der Waals surface area contributed by atoms with E-state index in [1.54, 1.807) is 16.8 Å². The zero-order valence-corrected chi connectivity index (χ0v) is 11.9.